The van der Waals surface area contributed by atoms with E-state index in [0.717, 1.165) is 18.4 Å². The van der Waals surface area contributed by atoms with Crippen LogP contribution in [0.15, 0.2) is 48.1 Å². The van der Waals surface area contributed by atoms with Crippen LogP contribution in [0.1, 0.15) is 38.2 Å². The second kappa shape index (κ2) is 8.82. The molecule has 2 saturated heterocycles. The first kappa shape index (κ1) is 22.1. The van der Waals surface area contributed by atoms with Gasteiger partial charge in [0.1, 0.15) is 18.8 Å². The quantitative estimate of drug-likeness (QED) is 0.323. The molecule has 4 rings (SSSR count). The number of epoxide rings is 1. The largest absolute Gasteiger partial charge is 0.504 e. The second-order valence-corrected chi connectivity index (χ2v) is 8.66. The molecular formula is C25H28O7. The number of benzene rings is 1. The molecule has 0 aromatic heterocycles. The number of carbonyl (C=O) groups excluding carboxylic acids is 2. The van der Waals surface area contributed by atoms with Crippen molar-refractivity contribution in [1.82, 2.24) is 0 Å². The maximum absolute atomic E-state index is 12.2. The van der Waals surface area contributed by atoms with Gasteiger partial charge in [-0.25, -0.2) is 9.59 Å². The summed E-state index contributed by atoms with van der Waals surface area (Å²) >= 11 is 0. The van der Waals surface area contributed by atoms with Crippen LogP contribution in [-0.4, -0.2) is 48.6 Å². The van der Waals surface area contributed by atoms with Crippen molar-refractivity contribution in [1.29, 1.82) is 0 Å². The summed E-state index contributed by atoms with van der Waals surface area (Å²) in [6.45, 7) is 6.15. The molecule has 1 N–H and O–H groups in total. The topological polar surface area (TPSA) is 94.6 Å². The normalized spacial score (nSPS) is 31.2. The van der Waals surface area contributed by atoms with Crippen molar-refractivity contribution in [2.24, 2.45) is 5.92 Å². The van der Waals surface area contributed by atoms with Gasteiger partial charge in [0.2, 0.25) is 0 Å². The van der Waals surface area contributed by atoms with Crippen molar-refractivity contribution in [2.75, 3.05) is 13.7 Å². The maximum atomic E-state index is 12.2. The summed E-state index contributed by atoms with van der Waals surface area (Å²) in [5, 5.41) is 9.66. The van der Waals surface area contributed by atoms with Gasteiger partial charge in [0.15, 0.2) is 11.5 Å². The molecule has 2 heterocycles. The Balaban J connectivity index is 1.37. The zero-order valence-corrected chi connectivity index (χ0v) is 18.3. The lowest BCUT2D eigenvalue weighted by atomic mass is 9.84. The SMILES string of the molecule is C=C1C(=O)O[C@H]2[C@H]1CC/C(COC(=O)/C=C/c1ccc(O)c(OC)c1)=C\CC[C@@]1(C)O[C@@H]21. The van der Waals surface area contributed by atoms with Crippen molar-refractivity contribution in [3.8, 4) is 11.5 Å². The molecule has 7 heteroatoms. The fraction of sp³-hybridized carbons (Fsp3) is 0.440. The van der Waals surface area contributed by atoms with E-state index in [1.807, 2.05) is 6.92 Å². The maximum Gasteiger partial charge on any atom is 0.334 e. The summed E-state index contributed by atoms with van der Waals surface area (Å²) in [5.41, 5.74) is 1.91. The van der Waals surface area contributed by atoms with Crippen LogP contribution in [0.4, 0.5) is 0 Å². The predicted molar refractivity (Wildman–Crippen MR) is 117 cm³/mol. The third-order valence-electron chi connectivity index (χ3n) is 6.45. The van der Waals surface area contributed by atoms with Crippen LogP contribution in [0, 0.1) is 5.92 Å². The first-order chi connectivity index (χ1) is 15.3. The Morgan fingerprint density at radius 2 is 2.22 bits per heavy atom. The van der Waals surface area contributed by atoms with Crippen molar-refractivity contribution >= 4 is 18.0 Å². The summed E-state index contributed by atoms with van der Waals surface area (Å²) in [5.74, 6) is -0.529. The van der Waals surface area contributed by atoms with Gasteiger partial charge in [-0.15, -0.1) is 0 Å². The fourth-order valence-corrected chi connectivity index (χ4v) is 4.43. The number of rotatable bonds is 5. The molecule has 0 unspecified atom stereocenters. The zero-order valence-electron chi connectivity index (χ0n) is 18.3. The van der Waals surface area contributed by atoms with Gasteiger partial charge < -0.3 is 24.1 Å². The van der Waals surface area contributed by atoms with Crippen LogP contribution < -0.4 is 4.74 Å². The van der Waals surface area contributed by atoms with E-state index in [-0.39, 0.29) is 42.1 Å². The predicted octanol–water partition coefficient (Wildman–Crippen LogP) is 3.71. The Labute approximate surface area is 187 Å². The van der Waals surface area contributed by atoms with Crippen LogP contribution in [0.3, 0.4) is 0 Å². The summed E-state index contributed by atoms with van der Waals surface area (Å²) in [7, 11) is 1.46. The van der Waals surface area contributed by atoms with Gasteiger partial charge in [-0.1, -0.05) is 18.7 Å². The van der Waals surface area contributed by atoms with Gasteiger partial charge in [-0.05, 0) is 62.0 Å². The van der Waals surface area contributed by atoms with E-state index in [1.165, 1.54) is 19.3 Å². The molecular weight excluding hydrogens is 412 g/mol. The van der Waals surface area contributed by atoms with Gasteiger partial charge in [-0.2, -0.15) is 0 Å². The molecule has 0 radical (unpaired) electrons. The van der Waals surface area contributed by atoms with E-state index >= 15 is 0 Å². The van der Waals surface area contributed by atoms with Crippen molar-refractivity contribution in [3.63, 3.8) is 0 Å². The standard InChI is InChI=1S/C25H28O7/c1-15-18-9-6-17(5-4-12-25(2)23(32-25)22(18)31-24(15)28)14-30-21(27)11-8-16-7-10-19(26)20(13-16)29-3/h5,7-8,10-11,13,18,22-23,26H,1,4,6,9,12,14H2,2-3H3/b11-8+,17-5+/t18-,22-,23-,25+/m0/s1. The molecule has 7 nitrogen and oxygen atoms in total. The molecule has 2 aliphatic heterocycles. The summed E-state index contributed by atoms with van der Waals surface area (Å²) in [6, 6.07) is 4.81. The first-order valence-electron chi connectivity index (χ1n) is 10.8. The molecule has 0 amide bonds. The number of carbonyl (C=O) groups is 2. The molecule has 170 valence electrons. The molecule has 0 bridgehead atoms. The van der Waals surface area contributed by atoms with Gasteiger partial charge in [0, 0.05) is 17.6 Å². The van der Waals surface area contributed by atoms with Gasteiger partial charge in [0.05, 0.1) is 12.7 Å². The van der Waals surface area contributed by atoms with E-state index < -0.39 is 5.97 Å². The molecule has 0 saturated carbocycles. The Hall–Kier alpha value is -3.06. The monoisotopic (exact) mass is 440 g/mol. The average Bonchev–Trinajstić information content (AvgIpc) is 3.36. The number of hydrogen-bond donors (Lipinski definition) is 1. The molecule has 3 aliphatic rings. The minimum absolute atomic E-state index is 0.0335. The van der Waals surface area contributed by atoms with Crippen molar-refractivity contribution < 1.29 is 33.6 Å². The molecule has 2 fully saturated rings. The summed E-state index contributed by atoms with van der Waals surface area (Å²) in [4.78, 5) is 24.3. The Kier molecular flexibility index (Phi) is 6.11. The number of fused-ring (bicyclic) bond motifs is 3. The Bertz CT molecular complexity index is 992. The molecule has 4 atom stereocenters. The number of phenolic OH excluding ortho intramolecular Hbond substituents is 1. The number of allylic oxidation sites excluding steroid dienone is 1. The minimum atomic E-state index is -0.464. The van der Waals surface area contributed by atoms with E-state index in [2.05, 4.69) is 12.7 Å². The molecule has 0 spiro atoms. The Morgan fingerprint density at radius 3 is 3.00 bits per heavy atom. The van der Waals surface area contributed by atoms with Crippen LogP contribution in [0.25, 0.3) is 6.08 Å². The third-order valence-corrected chi connectivity index (χ3v) is 6.45. The number of methoxy groups -OCH3 is 1. The summed E-state index contributed by atoms with van der Waals surface area (Å²) in [6.07, 6.45) is 7.68. The van der Waals surface area contributed by atoms with Gasteiger partial charge in [-0.3, -0.25) is 0 Å². The average molecular weight is 440 g/mol. The molecule has 1 aliphatic carbocycles. The number of hydrogen-bond acceptors (Lipinski definition) is 7. The molecule has 32 heavy (non-hydrogen) atoms. The van der Waals surface area contributed by atoms with Gasteiger partial charge in [0.25, 0.3) is 0 Å². The van der Waals surface area contributed by atoms with Crippen molar-refractivity contribution in [2.45, 2.75) is 50.4 Å². The van der Waals surface area contributed by atoms with Gasteiger partial charge >= 0.3 is 11.9 Å². The number of ether oxygens (including phenoxy) is 4. The smallest absolute Gasteiger partial charge is 0.334 e. The highest BCUT2D eigenvalue weighted by molar-refractivity contribution is 5.91. The Morgan fingerprint density at radius 1 is 1.41 bits per heavy atom. The van der Waals surface area contributed by atoms with Crippen molar-refractivity contribution in [3.05, 3.63) is 53.6 Å². The van der Waals surface area contributed by atoms with E-state index in [0.29, 0.717) is 29.7 Å². The molecule has 1 aromatic carbocycles. The van der Waals surface area contributed by atoms with E-state index in [1.54, 1.807) is 18.2 Å². The first-order valence-corrected chi connectivity index (χ1v) is 10.8. The van der Waals surface area contributed by atoms with Crippen LogP contribution in [0.5, 0.6) is 11.5 Å². The zero-order chi connectivity index (χ0) is 22.9. The number of esters is 2. The number of phenols is 1. The third kappa shape index (κ3) is 4.58. The lowest BCUT2D eigenvalue weighted by Crippen LogP contribution is -2.29. The molecule has 1 aromatic rings. The highest BCUT2D eigenvalue weighted by Crippen LogP contribution is 2.49. The van der Waals surface area contributed by atoms with E-state index in [4.69, 9.17) is 18.9 Å². The lowest BCUT2D eigenvalue weighted by Gasteiger charge is -2.20. The highest BCUT2D eigenvalue weighted by atomic mass is 16.6. The highest BCUT2D eigenvalue weighted by Gasteiger charge is 2.61. The van der Waals surface area contributed by atoms with Crippen LogP contribution in [0.2, 0.25) is 0 Å². The summed E-state index contributed by atoms with van der Waals surface area (Å²) < 4.78 is 22.0. The van der Waals surface area contributed by atoms with E-state index in [9.17, 15) is 14.7 Å². The fourth-order valence-electron chi connectivity index (χ4n) is 4.43. The second-order valence-electron chi connectivity index (χ2n) is 8.66. The van der Waals surface area contributed by atoms with Crippen LogP contribution >= 0.6 is 0 Å². The minimum Gasteiger partial charge on any atom is -0.504 e. The van der Waals surface area contributed by atoms with Crippen LogP contribution in [-0.2, 0) is 23.8 Å². The lowest BCUT2D eigenvalue weighted by molar-refractivity contribution is -0.140. The number of aromatic hydroxyl groups is 1.